The Bertz CT molecular complexity index is 1390. The van der Waals surface area contributed by atoms with E-state index in [1.165, 1.54) is 23.9 Å². The fourth-order valence-corrected chi connectivity index (χ4v) is 5.84. The molecule has 1 aromatic carbocycles. The van der Waals surface area contributed by atoms with E-state index in [4.69, 9.17) is 14.6 Å². The van der Waals surface area contributed by atoms with Gasteiger partial charge < -0.3 is 23.2 Å². The van der Waals surface area contributed by atoms with Crippen molar-refractivity contribution in [3.63, 3.8) is 0 Å². The Morgan fingerprint density at radius 3 is 2.83 bits per heavy atom. The maximum absolute atomic E-state index is 14.0. The van der Waals surface area contributed by atoms with Crippen LogP contribution < -0.4 is 19.3 Å². The summed E-state index contributed by atoms with van der Waals surface area (Å²) in [6, 6.07) is 4.24. The summed E-state index contributed by atoms with van der Waals surface area (Å²) in [7, 11) is 3.40. The molecule has 0 aliphatic carbocycles. The predicted octanol–water partition coefficient (Wildman–Crippen LogP) is 3.69. The monoisotopic (exact) mass is 515 g/mol. The normalized spacial score (nSPS) is 18.6. The van der Waals surface area contributed by atoms with E-state index in [1.807, 2.05) is 29.8 Å². The average Bonchev–Trinajstić information content (AvgIpc) is 3.22. The number of rotatable bonds is 2. The molecule has 0 N–H and O–H groups in total. The van der Waals surface area contributed by atoms with E-state index in [-0.39, 0.29) is 29.8 Å². The zero-order valence-electron chi connectivity index (χ0n) is 20.9. The lowest BCUT2D eigenvalue weighted by Crippen LogP contribution is -2.42. The molecule has 2 aliphatic rings. The molecule has 0 spiro atoms. The predicted molar refractivity (Wildman–Crippen MR) is 138 cm³/mol. The standard InChI is InChI=1S/C25H30FN5O4S/c1-5-29-13-15(2)31-20-19(22(34-4)21(31)25(29)33)24(32)30-14-16-8-9-17(26)12-18(16)35-10-6-7-11-36-28(3)23(20)27-30/h8-9,12,15H,5-7,10-11,13-14H2,1-4H3. The summed E-state index contributed by atoms with van der Waals surface area (Å²) in [5, 5.41) is 5.10. The van der Waals surface area contributed by atoms with Crippen LogP contribution in [0.1, 0.15) is 48.8 Å². The fourth-order valence-electron chi connectivity index (χ4n) is 4.99. The van der Waals surface area contributed by atoms with Gasteiger partial charge in [0.15, 0.2) is 17.3 Å². The zero-order valence-corrected chi connectivity index (χ0v) is 21.7. The van der Waals surface area contributed by atoms with Gasteiger partial charge in [0.25, 0.3) is 11.5 Å². The van der Waals surface area contributed by atoms with E-state index in [2.05, 4.69) is 0 Å². The highest BCUT2D eigenvalue weighted by Gasteiger charge is 2.38. The molecule has 0 fully saturated rings. The SMILES string of the molecule is CCN1CC(C)n2c(c(OC)c3c(=O)n4nc(c32)N(C)SCCCCOc2cc(F)ccc2C4)C1=O. The van der Waals surface area contributed by atoms with Crippen molar-refractivity contribution >= 4 is 34.6 Å². The first-order chi connectivity index (χ1) is 17.3. The molecule has 2 aromatic heterocycles. The number of halogens is 1. The number of carbonyl (C=O) groups is 1. The number of benzene rings is 1. The molecule has 1 unspecified atom stereocenters. The van der Waals surface area contributed by atoms with Crippen molar-refractivity contribution in [3.8, 4) is 11.5 Å². The van der Waals surface area contributed by atoms with Crippen LogP contribution in [0, 0.1) is 5.82 Å². The van der Waals surface area contributed by atoms with Crippen LogP contribution in [0.4, 0.5) is 10.2 Å². The minimum Gasteiger partial charge on any atom is -0.493 e. The smallest absolute Gasteiger partial charge is 0.280 e. The molecule has 36 heavy (non-hydrogen) atoms. The van der Waals surface area contributed by atoms with Crippen LogP contribution in [-0.2, 0) is 6.54 Å². The minimum atomic E-state index is -0.403. The molecule has 11 heteroatoms. The number of fused-ring (bicyclic) bond motifs is 7. The van der Waals surface area contributed by atoms with Gasteiger partial charge in [-0.15, -0.1) is 5.10 Å². The van der Waals surface area contributed by atoms with Crippen LogP contribution in [-0.4, -0.2) is 64.8 Å². The second kappa shape index (κ2) is 9.68. The summed E-state index contributed by atoms with van der Waals surface area (Å²) in [4.78, 5) is 29.1. The first kappa shape index (κ1) is 24.5. The molecule has 0 radical (unpaired) electrons. The second-order valence-corrected chi connectivity index (χ2v) is 10.3. The quantitative estimate of drug-likeness (QED) is 0.482. The number of likely N-dealkylation sites (N-methyl/N-ethyl adjacent to an activating group) is 1. The molecular weight excluding hydrogens is 485 g/mol. The van der Waals surface area contributed by atoms with Gasteiger partial charge in [-0.05, 0) is 44.7 Å². The molecule has 9 nitrogen and oxygen atoms in total. The van der Waals surface area contributed by atoms with Gasteiger partial charge in [-0.1, -0.05) is 6.07 Å². The van der Waals surface area contributed by atoms with Crippen molar-refractivity contribution < 1.29 is 18.7 Å². The fraction of sp³-hybridized carbons (Fsp3) is 0.480. The zero-order chi connectivity index (χ0) is 25.6. The molecule has 0 saturated carbocycles. The van der Waals surface area contributed by atoms with Crippen molar-refractivity contribution in [1.29, 1.82) is 0 Å². The summed E-state index contributed by atoms with van der Waals surface area (Å²) < 4.78 is 30.9. The van der Waals surface area contributed by atoms with Crippen LogP contribution in [0.3, 0.4) is 0 Å². The lowest BCUT2D eigenvalue weighted by Gasteiger charge is -2.33. The number of hydrogen-bond donors (Lipinski definition) is 0. The van der Waals surface area contributed by atoms with Gasteiger partial charge >= 0.3 is 0 Å². The Labute approximate surface area is 212 Å². The molecule has 2 aliphatic heterocycles. The second-order valence-electron chi connectivity index (χ2n) is 9.09. The Hall–Kier alpha value is -3.21. The molecule has 5 rings (SSSR count). The van der Waals surface area contributed by atoms with Crippen LogP contribution in [0.25, 0.3) is 10.9 Å². The number of methoxy groups -OCH3 is 1. The maximum atomic E-state index is 14.0. The first-order valence-corrected chi connectivity index (χ1v) is 13.1. The largest absolute Gasteiger partial charge is 0.493 e. The Morgan fingerprint density at radius 2 is 2.08 bits per heavy atom. The molecule has 1 amide bonds. The van der Waals surface area contributed by atoms with E-state index in [0.29, 0.717) is 53.4 Å². The van der Waals surface area contributed by atoms with Crippen LogP contribution in [0.5, 0.6) is 11.5 Å². The lowest BCUT2D eigenvalue weighted by atomic mass is 10.2. The third-order valence-corrected chi connectivity index (χ3v) is 7.80. The minimum absolute atomic E-state index is 0.0718. The van der Waals surface area contributed by atoms with E-state index in [9.17, 15) is 14.0 Å². The lowest BCUT2D eigenvalue weighted by molar-refractivity contribution is 0.0685. The van der Waals surface area contributed by atoms with Crippen LogP contribution in [0.2, 0.25) is 0 Å². The number of hydrogen-bond acceptors (Lipinski definition) is 7. The Morgan fingerprint density at radius 1 is 1.28 bits per heavy atom. The molecular formula is C25H30FN5O4S. The van der Waals surface area contributed by atoms with Gasteiger partial charge in [0.05, 0.1) is 20.3 Å². The van der Waals surface area contributed by atoms with Crippen molar-refractivity contribution in [3.05, 3.63) is 45.6 Å². The molecule has 192 valence electrons. The Kier molecular flexibility index (Phi) is 6.59. The van der Waals surface area contributed by atoms with E-state index < -0.39 is 5.82 Å². The number of ether oxygens (including phenoxy) is 2. The third kappa shape index (κ3) is 3.99. The van der Waals surface area contributed by atoms with Gasteiger partial charge in [-0.3, -0.25) is 9.59 Å². The first-order valence-electron chi connectivity index (χ1n) is 12.2. The van der Waals surface area contributed by atoms with Gasteiger partial charge in [-0.2, -0.15) is 0 Å². The van der Waals surface area contributed by atoms with Crippen molar-refractivity contribution in [2.75, 3.05) is 43.9 Å². The molecule has 1 atom stereocenters. The number of amides is 1. The Balaban J connectivity index is 1.81. The molecule has 3 aromatic rings. The van der Waals surface area contributed by atoms with Crippen molar-refractivity contribution in [2.45, 2.75) is 39.3 Å². The van der Waals surface area contributed by atoms with Gasteiger partial charge in [0.1, 0.15) is 22.5 Å². The van der Waals surface area contributed by atoms with Gasteiger partial charge in [0, 0.05) is 43.6 Å². The third-order valence-electron chi connectivity index (χ3n) is 6.77. The number of carbonyl (C=O) groups excluding carboxylic acids is 1. The van der Waals surface area contributed by atoms with Gasteiger partial charge in [-0.25, -0.2) is 9.07 Å². The summed E-state index contributed by atoms with van der Waals surface area (Å²) in [6.07, 6.45) is 1.70. The van der Waals surface area contributed by atoms with Crippen LogP contribution >= 0.6 is 11.9 Å². The number of nitrogens with zero attached hydrogens (tertiary/aromatic N) is 5. The molecule has 4 heterocycles. The highest BCUT2D eigenvalue weighted by Crippen LogP contribution is 2.41. The van der Waals surface area contributed by atoms with E-state index in [0.717, 1.165) is 18.6 Å². The van der Waals surface area contributed by atoms with E-state index in [1.54, 1.807) is 22.9 Å². The number of aromatic nitrogens is 3. The summed E-state index contributed by atoms with van der Waals surface area (Å²) in [5.74, 6) is 1.48. The summed E-state index contributed by atoms with van der Waals surface area (Å²) in [5.41, 5.74) is 1.24. The summed E-state index contributed by atoms with van der Waals surface area (Å²) >= 11 is 1.59. The highest BCUT2D eigenvalue weighted by molar-refractivity contribution is 8.00. The average molecular weight is 516 g/mol. The molecule has 0 saturated heterocycles. The topological polar surface area (TPSA) is 81.8 Å². The maximum Gasteiger partial charge on any atom is 0.280 e. The van der Waals surface area contributed by atoms with E-state index >= 15 is 0 Å². The van der Waals surface area contributed by atoms with Crippen molar-refractivity contribution in [2.24, 2.45) is 0 Å². The number of anilines is 1. The molecule has 2 bridgehead atoms. The van der Waals surface area contributed by atoms with Crippen LogP contribution in [0.15, 0.2) is 23.0 Å². The van der Waals surface area contributed by atoms with Gasteiger partial charge in [0.2, 0.25) is 0 Å². The highest BCUT2D eigenvalue weighted by atomic mass is 32.2. The van der Waals surface area contributed by atoms with Crippen molar-refractivity contribution in [1.82, 2.24) is 19.2 Å². The summed E-state index contributed by atoms with van der Waals surface area (Å²) in [6.45, 7) is 5.61.